The molecule has 2 N–H and O–H groups in total. The van der Waals surface area contributed by atoms with E-state index in [1.54, 1.807) is 17.0 Å². The zero-order valence-corrected chi connectivity index (χ0v) is 13.9. The topological polar surface area (TPSA) is 55.8 Å². The molecule has 0 unspecified atom stereocenters. The van der Waals surface area contributed by atoms with E-state index in [0.717, 1.165) is 11.3 Å². The first kappa shape index (κ1) is 15.9. The van der Waals surface area contributed by atoms with E-state index in [2.05, 4.69) is 22.3 Å². The molecule has 2 aliphatic heterocycles. The number of para-hydroxylation sites is 1. The van der Waals surface area contributed by atoms with Crippen LogP contribution in [0.5, 0.6) is 0 Å². The van der Waals surface area contributed by atoms with Crippen molar-refractivity contribution in [1.29, 1.82) is 0 Å². The Labute approximate surface area is 145 Å². The largest absolute Gasteiger partial charge is 0.394 e. The number of urea groups is 1. The van der Waals surface area contributed by atoms with Crippen molar-refractivity contribution in [3.63, 3.8) is 0 Å². The Kier molecular flexibility index (Phi) is 3.84. The maximum atomic E-state index is 13.3. The van der Waals surface area contributed by atoms with Crippen LogP contribution >= 0.6 is 0 Å². The second-order valence-corrected chi connectivity index (χ2v) is 6.63. The fraction of sp³-hybridized carbons (Fsp3) is 0.316. The van der Waals surface area contributed by atoms with Gasteiger partial charge in [0.1, 0.15) is 5.82 Å². The fourth-order valence-corrected chi connectivity index (χ4v) is 4.12. The van der Waals surface area contributed by atoms with Crippen molar-refractivity contribution < 1.29 is 14.3 Å². The minimum atomic E-state index is -0.399. The van der Waals surface area contributed by atoms with E-state index < -0.39 is 5.82 Å². The van der Waals surface area contributed by atoms with Crippen LogP contribution in [0.1, 0.15) is 11.5 Å². The van der Waals surface area contributed by atoms with Gasteiger partial charge in [-0.05, 0) is 29.8 Å². The highest BCUT2D eigenvalue weighted by atomic mass is 19.1. The number of aliphatic hydroxyl groups excluding tert-OH is 1. The second-order valence-electron chi connectivity index (χ2n) is 6.63. The fourth-order valence-electron chi connectivity index (χ4n) is 4.12. The average Bonchev–Trinajstić information content (AvgIpc) is 2.57. The number of likely N-dealkylation sites (N-methyl/N-ethyl adjacent to an activating group) is 1. The zero-order valence-electron chi connectivity index (χ0n) is 13.9. The van der Waals surface area contributed by atoms with E-state index >= 15 is 0 Å². The third-order valence-corrected chi connectivity index (χ3v) is 5.21. The van der Waals surface area contributed by atoms with E-state index in [1.165, 1.54) is 12.1 Å². The molecule has 25 heavy (non-hydrogen) atoms. The molecule has 2 heterocycles. The molecule has 1 fully saturated rings. The van der Waals surface area contributed by atoms with Crippen molar-refractivity contribution in [3.8, 4) is 0 Å². The lowest BCUT2D eigenvalue weighted by Gasteiger charge is -2.58. The lowest BCUT2D eigenvalue weighted by atomic mass is 9.72. The Morgan fingerprint density at radius 1 is 1.28 bits per heavy atom. The van der Waals surface area contributed by atoms with Crippen LogP contribution in [0.15, 0.2) is 48.5 Å². The molecule has 0 bridgehead atoms. The van der Waals surface area contributed by atoms with Gasteiger partial charge in [0.25, 0.3) is 0 Å². The predicted molar refractivity (Wildman–Crippen MR) is 94.4 cm³/mol. The van der Waals surface area contributed by atoms with Crippen molar-refractivity contribution in [2.45, 2.75) is 18.0 Å². The summed E-state index contributed by atoms with van der Waals surface area (Å²) in [6.45, 7) is 0.602. The Balaban J connectivity index is 1.59. The number of anilines is 2. The van der Waals surface area contributed by atoms with Gasteiger partial charge in [0.05, 0.1) is 18.7 Å². The van der Waals surface area contributed by atoms with E-state index in [-0.39, 0.29) is 30.6 Å². The Bertz CT molecular complexity index is 813. The minimum Gasteiger partial charge on any atom is -0.394 e. The smallest absolute Gasteiger partial charge is 0.322 e. The number of carbonyl (C=O) groups is 1. The maximum absolute atomic E-state index is 13.3. The molecule has 6 heteroatoms. The van der Waals surface area contributed by atoms with Crippen LogP contribution in [0, 0.1) is 5.82 Å². The van der Waals surface area contributed by atoms with Gasteiger partial charge in [-0.15, -0.1) is 0 Å². The predicted octanol–water partition coefficient (Wildman–Crippen LogP) is 2.64. The number of rotatable bonds is 2. The summed E-state index contributed by atoms with van der Waals surface area (Å²) in [4.78, 5) is 16.5. The molecule has 2 aromatic carbocycles. The van der Waals surface area contributed by atoms with Gasteiger partial charge in [-0.25, -0.2) is 9.18 Å². The standard InChI is InChI=1S/C19H20FN3O2/c1-22-10-16-18(14-7-2-3-8-15(14)22)17(11-24)23(16)19(25)21-13-6-4-5-12(20)9-13/h2-9,16-18,24H,10-11H2,1H3,(H,21,25)/t16-,17-,18+/m1/s1. The van der Waals surface area contributed by atoms with E-state index in [4.69, 9.17) is 0 Å². The van der Waals surface area contributed by atoms with Crippen LogP contribution in [-0.2, 0) is 0 Å². The highest BCUT2D eigenvalue weighted by Gasteiger charge is 2.54. The number of likely N-dealkylation sites (tertiary alicyclic amines) is 1. The lowest BCUT2D eigenvalue weighted by Crippen LogP contribution is -2.70. The average molecular weight is 341 g/mol. The molecule has 0 spiro atoms. The summed E-state index contributed by atoms with van der Waals surface area (Å²) in [6, 6.07) is 13.3. The quantitative estimate of drug-likeness (QED) is 0.883. The summed E-state index contributed by atoms with van der Waals surface area (Å²) < 4.78 is 13.3. The molecule has 130 valence electrons. The number of amides is 2. The first-order chi connectivity index (χ1) is 12.1. The van der Waals surface area contributed by atoms with Gasteiger partial charge in [-0.2, -0.15) is 0 Å². The number of benzene rings is 2. The number of hydrogen-bond donors (Lipinski definition) is 2. The van der Waals surface area contributed by atoms with Crippen LogP contribution in [0.2, 0.25) is 0 Å². The molecule has 4 rings (SSSR count). The summed E-state index contributed by atoms with van der Waals surface area (Å²) in [6.07, 6.45) is 0. The number of fused-ring (bicyclic) bond motifs is 3. The number of aliphatic hydroxyl groups is 1. The molecule has 1 saturated heterocycles. The molecule has 2 aromatic rings. The van der Waals surface area contributed by atoms with Crippen molar-refractivity contribution in [2.24, 2.45) is 0 Å². The summed E-state index contributed by atoms with van der Waals surface area (Å²) in [5.74, 6) is -0.278. The van der Waals surface area contributed by atoms with Crippen molar-refractivity contribution >= 4 is 17.4 Å². The van der Waals surface area contributed by atoms with Crippen molar-refractivity contribution in [3.05, 3.63) is 59.9 Å². The molecule has 2 amide bonds. The van der Waals surface area contributed by atoms with Gasteiger partial charge in [-0.1, -0.05) is 24.3 Å². The van der Waals surface area contributed by atoms with Crippen LogP contribution in [0.3, 0.4) is 0 Å². The molecular formula is C19H20FN3O2. The first-order valence-electron chi connectivity index (χ1n) is 8.36. The third-order valence-electron chi connectivity index (χ3n) is 5.21. The summed E-state index contributed by atoms with van der Waals surface area (Å²) >= 11 is 0. The van der Waals surface area contributed by atoms with E-state index in [1.807, 2.05) is 19.2 Å². The molecule has 0 aliphatic carbocycles. The number of carbonyl (C=O) groups excluding carboxylic acids is 1. The zero-order chi connectivity index (χ0) is 17.6. The molecule has 0 aromatic heterocycles. The monoisotopic (exact) mass is 341 g/mol. The van der Waals surface area contributed by atoms with E-state index in [0.29, 0.717) is 12.2 Å². The summed E-state index contributed by atoms with van der Waals surface area (Å²) in [7, 11) is 2.00. The lowest BCUT2D eigenvalue weighted by molar-refractivity contribution is -0.00227. The van der Waals surface area contributed by atoms with Crippen LogP contribution in [0.25, 0.3) is 0 Å². The van der Waals surface area contributed by atoms with Crippen LogP contribution < -0.4 is 10.2 Å². The molecule has 0 saturated carbocycles. The van der Waals surface area contributed by atoms with Crippen LogP contribution in [0.4, 0.5) is 20.6 Å². The third kappa shape index (κ3) is 2.53. The molecule has 2 aliphatic rings. The normalized spacial score (nSPS) is 24.2. The minimum absolute atomic E-state index is 0.00870. The summed E-state index contributed by atoms with van der Waals surface area (Å²) in [5, 5.41) is 12.6. The first-order valence-corrected chi connectivity index (χ1v) is 8.36. The van der Waals surface area contributed by atoms with Crippen molar-refractivity contribution in [1.82, 2.24) is 4.90 Å². The van der Waals surface area contributed by atoms with Gasteiger partial charge in [0, 0.05) is 30.9 Å². The maximum Gasteiger partial charge on any atom is 0.322 e. The van der Waals surface area contributed by atoms with Gasteiger partial charge < -0.3 is 20.2 Å². The molecule has 3 atom stereocenters. The highest BCUT2D eigenvalue weighted by Crippen LogP contribution is 2.47. The summed E-state index contributed by atoms with van der Waals surface area (Å²) in [5.41, 5.74) is 2.72. The van der Waals surface area contributed by atoms with Gasteiger partial charge in [0.15, 0.2) is 0 Å². The van der Waals surface area contributed by atoms with E-state index in [9.17, 15) is 14.3 Å². The molecule has 5 nitrogen and oxygen atoms in total. The number of hydrogen-bond acceptors (Lipinski definition) is 3. The van der Waals surface area contributed by atoms with Gasteiger partial charge >= 0.3 is 6.03 Å². The van der Waals surface area contributed by atoms with Crippen LogP contribution in [-0.4, -0.2) is 48.3 Å². The van der Waals surface area contributed by atoms with Gasteiger partial charge in [-0.3, -0.25) is 0 Å². The number of halogens is 1. The SMILES string of the molecule is CN1C[C@@H]2[C@H](c3ccccc31)[C@@H](CO)N2C(=O)Nc1cccc(F)c1. The Morgan fingerprint density at radius 2 is 2.08 bits per heavy atom. The molecular weight excluding hydrogens is 321 g/mol. The molecule has 0 radical (unpaired) electrons. The number of nitrogens with zero attached hydrogens (tertiary/aromatic N) is 2. The second kappa shape index (κ2) is 6.04. The Hall–Kier alpha value is -2.60. The van der Waals surface area contributed by atoms with Gasteiger partial charge in [0.2, 0.25) is 0 Å². The number of nitrogens with one attached hydrogen (secondary N) is 1. The highest BCUT2D eigenvalue weighted by molar-refractivity contribution is 5.91. The van der Waals surface area contributed by atoms with Crippen molar-refractivity contribution in [2.75, 3.05) is 30.4 Å². The Morgan fingerprint density at radius 3 is 2.84 bits per heavy atom.